The fourth-order valence-electron chi connectivity index (χ4n) is 1.41. The quantitative estimate of drug-likeness (QED) is 0.754. The van der Waals surface area contributed by atoms with Crippen LogP contribution in [0.4, 0.5) is 0 Å². The maximum atomic E-state index is 6.00. The van der Waals surface area contributed by atoms with Crippen molar-refractivity contribution < 1.29 is 0 Å². The number of pyridine rings is 1. The normalized spacial score (nSPS) is 10.6. The third-order valence-corrected chi connectivity index (χ3v) is 2.43. The Morgan fingerprint density at radius 3 is 2.92 bits per heavy atom. The molecular formula is C10H9ClN2. The predicted molar refractivity (Wildman–Crippen MR) is 54.6 cm³/mol. The van der Waals surface area contributed by atoms with Crippen LogP contribution in [0.2, 0.25) is 5.02 Å². The molecule has 3 heteroatoms. The molecule has 2 nitrogen and oxygen atoms in total. The van der Waals surface area contributed by atoms with E-state index < -0.39 is 0 Å². The minimum atomic E-state index is 0.459. The molecule has 0 bridgehead atoms. The van der Waals surface area contributed by atoms with E-state index in [-0.39, 0.29) is 0 Å². The lowest BCUT2D eigenvalue weighted by atomic mass is 10.1. The first-order valence-electron chi connectivity index (χ1n) is 4.04. The van der Waals surface area contributed by atoms with Crippen LogP contribution in [0.3, 0.4) is 0 Å². The lowest BCUT2D eigenvalue weighted by molar-refractivity contribution is 1.09. The Labute approximate surface area is 81.3 Å². The molecule has 0 fully saturated rings. The van der Waals surface area contributed by atoms with Gasteiger partial charge in [0, 0.05) is 29.3 Å². The lowest BCUT2D eigenvalue weighted by Gasteiger charge is -2.05. The maximum absolute atomic E-state index is 6.00. The fourth-order valence-corrected chi connectivity index (χ4v) is 1.66. The Morgan fingerprint density at radius 2 is 2.15 bits per heavy atom. The summed E-state index contributed by atoms with van der Waals surface area (Å²) in [6.07, 6.45) is 3.56. The Kier molecular flexibility index (Phi) is 2.17. The largest absolute Gasteiger partial charge is 0.326 e. The molecule has 1 aromatic carbocycles. The average Bonchev–Trinajstić information content (AvgIpc) is 2.18. The smallest absolute Gasteiger partial charge is 0.0457 e. The van der Waals surface area contributed by atoms with E-state index in [2.05, 4.69) is 4.98 Å². The first-order chi connectivity index (χ1) is 6.33. The third kappa shape index (κ3) is 1.39. The number of nitrogens with zero attached hydrogens (tertiary/aromatic N) is 1. The summed E-state index contributed by atoms with van der Waals surface area (Å²) in [6, 6.07) is 5.74. The van der Waals surface area contributed by atoms with Gasteiger partial charge in [0.25, 0.3) is 0 Å². The molecule has 66 valence electrons. The van der Waals surface area contributed by atoms with Gasteiger partial charge in [-0.1, -0.05) is 17.7 Å². The molecule has 0 aliphatic heterocycles. The average molecular weight is 193 g/mol. The Bertz CT molecular complexity index is 440. The number of rotatable bonds is 1. The van der Waals surface area contributed by atoms with Crippen molar-refractivity contribution in [3.05, 3.63) is 41.2 Å². The summed E-state index contributed by atoms with van der Waals surface area (Å²) >= 11 is 6.00. The Balaban J connectivity index is 2.84. The molecule has 0 amide bonds. The van der Waals surface area contributed by atoms with Gasteiger partial charge in [-0.05, 0) is 23.1 Å². The molecule has 13 heavy (non-hydrogen) atoms. The Morgan fingerprint density at radius 1 is 1.31 bits per heavy atom. The standard InChI is InChI=1S/C10H9ClN2/c11-10-2-1-7-6-13-4-3-8(7)9(10)5-12/h1-4,6H,5,12H2. The lowest BCUT2D eigenvalue weighted by Crippen LogP contribution is -1.98. The van der Waals surface area contributed by atoms with Crippen LogP contribution < -0.4 is 5.73 Å². The topological polar surface area (TPSA) is 38.9 Å². The van der Waals surface area contributed by atoms with E-state index in [0.717, 1.165) is 21.4 Å². The number of fused-ring (bicyclic) bond motifs is 1. The van der Waals surface area contributed by atoms with Crippen molar-refractivity contribution in [3.63, 3.8) is 0 Å². The number of benzene rings is 1. The molecule has 2 aromatic rings. The van der Waals surface area contributed by atoms with Gasteiger partial charge in [-0.15, -0.1) is 0 Å². The van der Waals surface area contributed by atoms with E-state index in [1.165, 1.54) is 0 Å². The van der Waals surface area contributed by atoms with E-state index in [4.69, 9.17) is 17.3 Å². The van der Waals surface area contributed by atoms with Gasteiger partial charge in [0.15, 0.2) is 0 Å². The summed E-state index contributed by atoms with van der Waals surface area (Å²) in [5, 5.41) is 2.89. The highest BCUT2D eigenvalue weighted by atomic mass is 35.5. The van der Waals surface area contributed by atoms with Crippen LogP contribution in [0, 0.1) is 0 Å². The third-order valence-electron chi connectivity index (χ3n) is 2.08. The number of hydrogen-bond acceptors (Lipinski definition) is 2. The molecule has 1 aromatic heterocycles. The SMILES string of the molecule is NCc1c(Cl)ccc2cnccc12. The number of aromatic nitrogens is 1. The summed E-state index contributed by atoms with van der Waals surface area (Å²) in [6.45, 7) is 0.459. The zero-order chi connectivity index (χ0) is 9.26. The molecule has 0 aliphatic carbocycles. The van der Waals surface area contributed by atoms with Crippen LogP contribution in [0.15, 0.2) is 30.6 Å². The summed E-state index contributed by atoms with van der Waals surface area (Å²) in [5.41, 5.74) is 6.60. The van der Waals surface area contributed by atoms with E-state index in [1.807, 2.05) is 24.4 Å². The highest BCUT2D eigenvalue weighted by Gasteiger charge is 2.03. The highest BCUT2D eigenvalue weighted by molar-refractivity contribution is 6.32. The second-order valence-electron chi connectivity index (χ2n) is 2.83. The van der Waals surface area contributed by atoms with Crippen LogP contribution >= 0.6 is 11.6 Å². The van der Waals surface area contributed by atoms with Gasteiger partial charge in [-0.3, -0.25) is 4.98 Å². The molecule has 0 aliphatic rings. The van der Waals surface area contributed by atoms with Crippen molar-refractivity contribution in [2.75, 3.05) is 0 Å². The van der Waals surface area contributed by atoms with Gasteiger partial charge < -0.3 is 5.73 Å². The van der Waals surface area contributed by atoms with Crippen LogP contribution in [0.1, 0.15) is 5.56 Å². The van der Waals surface area contributed by atoms with Gasteiger partial charge in [-0.2, -0.15) is 0 Å². The van der Waals surface area contributed by atoms with Crippen LogP contribution in [-0.4, -0.2) is 4.98 Å². The molecule has 0 spiro atoms. The molecule has 0 radical (unpaired) electrons. The monoisotopic (exact) mass is 192 g/mol. The summed E-state index contributed by atoms with van der Waals surface area (Å²) in [4.78, 5) is 4.03. The van der Waals surface area contributed by atoms with E-state index in [1.54, 1.807) is 6.20 Å². The van der Waals surface area contributed by atoms with Gasteiger partial charge >= 0.3 is 0 Å². The van der Waals surface area contributed by atoms with Crippen LogP contribution in [-0.2, 0) is 6.54 Å². The summed E-state index contributed by atoms with van der Waals surface area (Å²) < 4.78 is 0. The van der Waals surface area contributed by atoms with E-state index in [9.17, 15) is 0 Å². The molecule has 2 rings (SSSR count). The first kappa shape index (κ1) is 8.48. The molecule has 1 heterocycles. The van der Waals surface area contributed by atoms with Crippen molar-refractivity contribution in [2.45, 2.75) is 6.54 Å². The first-order valence-corrected chi connectivity index (χ1v) is 4.42. The molecule has 0 saturated heterocycles. The number of nitrogens with two attached hydrogens (primary N) is 1. The summed E-state index contributed by atoms with van der Waals surface area (Å²) in [7, 11) is 0. The zero-order valence-electron chi connectivity index (χ0n) is 7.00. The maximum Gasteiger partial charge on any atom is 0.0457 e. The molecular weight excluding hydrogens is 184 g/mol. The van der Waals surface area contributed by atoms with Gasteiger partial charge in [-0.25, -0.2) is 0 Å². The van der Waals surface area contributed by atoms with Gasteiger partial charge in [0.1, 0.15) is 0 Å². The van der Waals surface area contributed by atoms with Crippen LogP contribution in [0.25, 0.3) is 10.8 Å². The van der Waals surface area contributed by atoms with Crippen molar-refractivity contribution >= 4 is 22.4 Å². The van der Waals surface area contributed by atoms with Crippen molar-refractivity contribution in [3.8, 4) is 0 Å². The van der Waals surface area contributed by atoms with Crippen molar-refractivity contribution in [1.82, 2.24) is 4.98 Å². The number of hydrogen-bond donors (Lipinski definition) is 1. The second kappa shape index (κ2) is 3.32. The zero-order valence-corrected chi connectivity index (χ0v) is 7.75. The van der Waals surface area contributed by atoms with Gasteiger partial charge in [0.2, 0.25) is 0 Å². The predicted octanol–water partition coefficient (Wildman–Crippen LogP) is 2.35. The second-order valence-corrected chi connectivity index (χ2v) is 3.23. The number of halogens is 1. The summed E-state index contributed by atoms with van der Waals surface area (Å²) in [5.74, 6) is 0. The molecule has 2 N–H and O–H groups in total. The van der Waals surface area contributed by atoms with Gasteiger partial charge in [0.05, 0.1) is 0 Å². The Hall–Kier alpha value is -1.12. The minimum Gasteiger partial charge on any atom is -0.326 e. The van der Waals surface area contributed by atoms with Crippen LogP contribution in [0.5, 0.6) is 0 Å². The molecule has 0 atom stereocenters. The van der Waals surface area contributed by atoms with E-state index >= 15 is 0 Å². The highest BCUT2D eigenvalue weighted by Crippen LogP contribution is 2.24. The molecule has 0 unspecified atom stereocenters. The van der Waals surface area contributed by atoms with Crippen molar-refractivity contribution in [2.24, 2.45) is 5.73 Å². The minimum absolute atomic E-state index is 0.459. The molecule has 0 saturated carbocycles. The van der Waals surface area contributed by atoms with E-state index in [0.29, 0.717) is 6.54 Å². The fraction of sp³-hybridized carbons (Fsp3) is 0.100. The van der Waals surface area contributed by atoms with Crippen molar-refractivity contribution in [1.29, 1.82) is 0 Å².